The van der Waals surface area contributed by atoms with Crippen LogP contribution in [0.15, 0.2) is 0 Å². The molecule has 0 aromatic carbocycles. The lowest BCUT2D eigenvalue weighted by Gasteiger charge is -2.38. The van der Waals surface area contributed by atoms with Crippen LogP contribution in [0.1, 0.15) is 46.5 Å². The molecule has 0 radical (unpaired) electrons. The molecule has 16 heavy (non-hydrogen) atoms. The molecular formula is C13H25NO2. The maximum absolute atomic E-state index is 11.3. The Morgan fingerprint density at radius 3 is 2.81 bits per heavy atom. The first-order valence-corrected chi connectivity index (χ1v) is 6.53. The number of rotatable bonds is 5. The molecule has 0 aromatic heterocycles. The SMILES string of the molecule is CCCC(C)CN1CCCC(C)C1C(=O)O. The van der Waals surface area contributed by atoms with E-state index in [0.29, 0.717) is 11.8 Å². The fourth-order valence-corrected chi connectivity index (χ4v) is 2.86. The van der Waals surface area contributed by atoms with E-state index in [1.165, 1.54) is 12.8 Å². The molecule has 0 aromatic rings. The van der Waals surface area contributed by atoms with Crippen LogP contribution in [0, 0.1) is 11.8 Å². The van der Waals surface area contributed by atoms with Gasteiger partial charge in [-0.15, -0.1) is 0 Å². The summed E-state index contributed by atoms with van der Waals surface area (Å²) in [6.07, 6.45) is 4.57. The Labute approximate surface area is 98.8 Å². The number of nitrogens with zero attached hydrogens (tertiary/aromatic N) is 1. The molecule has 3 unspecified atom stereocenters. The highest BCUT2D eigenvalue weighted by atomic mass is 16.4. The van der Waals surface area contributed by atoms with E-state index in [1.807, 2.05) is 0 Å². The molecule has 3 nitrogen and oxygen atoms in total. The highest BCUT2D eigenvalue weighted by Gasteiger charge is 2.34. The molecule has 1 aliphatic rings. The van der Waals surface area contributed by atoms with Gasteiger partial charge in [-0.1, -0.05) is 27.2 Å². The third kappa shape index (κ3) is 3.48. The molecule has 0 bridgehead atoms. The lowest BCUT2D eigenvalue weighted by Crippen LogP contribution is -2.50. The summed E-state index contributed by atoms with van der Waals surface area (Å²) >= 11 is 0. The van der Waals surface area contributed by atoms with Crippen LogP contribution in [-0.4, -0.2) is 35.1 Å². The summed E-state index contributed by atoms with van der Waals surface area (Å²) < 4.78 is 0. The lowest BCUT2D eigenvalue weighted by atomic mass is 9.89. The van der Waals surface area contributed by atoms with Crippen LogP contribution in [0.2, 0.25) is 0 Å². The summed E-state index contributed by atoms with van der Waals surface area (Å²) in [4.78, 5) is 13.5. The van der Waals surface area contributed by atoms with Crippen molar-refractivity contribution >= 4 is 5.97 Å². The number of piperidine rings is 1. The molecule has 1 aliphatic heterocycles. The molecule has 3 heteroatoms. The number of carbonyl (C=O) groups is 1. The molecular weight excluding hydrogens is 202 g/mol. The van der Waals surface area contributed by atoms with Crippen LogP contribution in [-0.2, 0) is 4.79 Å². The van der Waals surface area contributed by atoms with Gasteiger partial charge in [0.05, 0.1) is 0 Å². The van der Waals surface area contributed by atoms with Crippen LogP contribution in [0.5, 0.6) is 0 Å². The van der Waals surface area contributed by atoms with Gasteiger partial charge in [0.1, 0.15) is 6.04 Å². The Balaban J connectivity index is 2.57. The second kappa shape index (κ2) is 6.24. The minimum atomic E-state index is -0.643. The zero-order valence-electron chi connectivity index (χ0n) is 10.8. The van der Waals surface area contributed by atoms with Crippen molar-refractivity contribution in [2.24, 2.45) is 11.8 Å². The number of carboxylic acids is 1. The number of aliphatic carboxylic acids is 1. The van der Waals surface area contributed by atoms with E-state index >= 15 is 0 Å². The third-order valence-electron chi connectivity index (χ3n) is 3.62. The number of likely N-dealkylation sites (tertiary alicyclic amines) is 1. The normalized spacial score (nSPS) is 28.9. The quantitative estimate of drug-likeness (QED) is 0.785. The molecule has 1 heterocycles. The molecule has 1 fully saturated rings. The van der Waals surface area contributed by atoms with Crippen molar-refractivity contribution in [3.63, 3.8) is 0 Å². The van der Waals surface area contributed by atoms with Gasteiger partial charge >= 0.3 is 5.97 Å². The summed E-state index contributed by atoms with van der Waals surface area (Å²) in [6.45, 7) is 8.37. The van der Waals surface area contributed by atoms with E-state index in [1.54, 1.807) is 0 Å². The Morgan fingerprint density at radius 1 is 1.56 bits per heavy atom. The van der Waals surface area contributed by atoms with Crippen molar-refractivity contribution in [2.45, 2.75) is 52.5 Å². The molecule has 0 aliphatic carbocycles. The molecule has 0 spiro atoms. The third-order valence-corrected chi connectivity index (χ3v) is 3.62. The zero-order valence-corrected chi connectivity index (χ0v) is 10.8. The van der Waals surface area contributed by atoms with Crippen molar-refractivity contribution in [3.05, 3.63) is 0 Å². The van der Waals surface area contributed by atoms with Crippen molar-refractivity contribution in [1.29, 1.82) is 0 Å². The van der Waals surface area contributed by atoms with Gasteiger partial charge in [-0.3, -0.25) is 9.69 Å². The standard InChI is InChI=1S/C13H25NO2/c1-4-6-10(2)9-14-8-5-7-11(3)12(14)13(15)16/h10-12H,4-9H2,1-3H3,(H,15,16). The lowest BCUT2D eigenvalue weighted by molar-refractivity contribution is -0.147. The average Bonchev–Trinajstić information content (AvgIpc) is 2.17. The van der Waals surface area contributed by atoms with Crippen LogP contribution in [0.25, 0.3) is 0 Å². The van der Waals surface area contributed by atoms with Gasteiger partial charge in [0.25, 0.3) is 0 Å². The van der Waals surface area contributed by atoms with Crippen LogP contribution >= 0.6 is 0 Å². The van der Waals surface area contributed by atoms with Crippen LogP contribution in [0.4, 0.5) is 0 Å². The van der Waals surface area contributed by atoms with E-state index in [0.717, 1.165) is 25.9 Å². The fraction of sp³-hybridized carbons (Fsp3) is 0.923. The van der Waals surface area contributed by atoms with Gasteiger partial charge in [0.15, 0.2) is 0 Å². The molecule has 1 N–H and O–H groups in total. The summed E-state index contributed by atoms with van der Waals surface area (Å²) in [5.41, 5.74) is 0. The van der Waals surface area contributed by atoms with Gasteiger partial charge in [0.2, 0.25) is 0 Å². The van der Waals surface area contributed by atoms with Crippen LogP contribution in [0.3, 0.4) is 0 Å². The molecule has 0 amide bonds. The maximum atomic E-state index is 11.3. The van der Waals surface area contributed by atoms with Crippen LogP contribution < -0.4 is 0 Å². The molecule has 1 rings (SSSR count). The van der Waals surface area contributed by atoms with Crippen molar-refractivity contribution < 1.29 is 9.90 Å². The number of carboxylic acid groups (broad SMARTS) is 1. The van der Waals surface area contributed by atoms with Crippen molar-refractivity contribution in [2.75, 3.05) is 13.1 Å². The maximum Gasteiger partial charge on any atom is 0.321 e. The predicted molar refractivity (Wildman–Crippen MR) is 65.5 cm³/mol. The summed E-state index contributed by atoms with van der Waals surface area (Å²) in [7, 11) is 0. The Morgan fingerprint density at radius 2 is 2.25 bits per heavy atom. The van der Waals surface area contributed by atoms with Gasteiger partial charge in [-0.05, 0) is 37.6 Å². The second-order valence-corrected chi connectivity index (χ2v) is 5.29. The first-order chi connectivity index (χ1) is 7.56. The summed E-state index contributed by atoms with van der Waals surface area (Å²) in [5, 5.41) is 9.28. The monoisotopic (exact) mass is 227 g/mol. The Hall–Kier alpha value is -0.570. The first kappa shape index (κ1) is 13.5. The van der Waals surface area contributed by atoms with E-state index < -0.39 is 5.97 Å². The van der Waals surface area contributed by atoms with Gasteiger partial charge in [-0.2, -0.15) is 0 Å². The number of hydrogen-bond acceptors (Lipinski definition) is 2. The molecule has 94 valence electrons. The smallest absolute Gasteiger partial charge is 0.321 e. The summed E-state index contributed by atoms with van der Waals surface area (Å²) in [5.74, 6) is 0.258. The average molecular weight is 227 g/mol. The van der Waals surface area contributed by atoms with Gasteiger partial charge in [0, 0.05) is 6.54 Å². The number of hydrogen-bond donors (Lipinski definition) is 1. The molecule has 0 saturated carbocycles. The molecule has 1 saturated heterocycles. The fourth-order valence-electron chi connectivity index (χ4n) is 2.86. The van der Waals surface area contributed by atoms with Crippen molar-refractivity contribution in [1.82, 2.24) is 4.90 Å². The van der Waals surface area contributed by atoms with Gasteiger partial charge < -0.3 is 5.11 Å². The topological polar surface area (TPSA) is 40.5 Å². The van der Waals surface area contributed by atoms with E-state index in [9.17, 15) is 9.90 Å². The first-order valence-electron chi connectivity index (χ1n) is 6.53. The predicted octanol–water partition coefficient (Wildman–Crippen LogP) is 2.61. The largest absolute Gasteiger partial charge is 0.480 e. The highest BCUT2D eigenvalue weighted by Crippen LogP contribution is 2.25. The van der Waals surface area contributed by atoms with E-state index in [-0.39, 0.29) is 6.04 Å². The zero-order chi connectivity index (χ0) is 12.1. The second-order valence-electron chi connectivity index (χ2n) is 5.29. The minimum Gasteiger partial charge on any atom is -0.480 e. The molecule has 3 atom stereocenters. The van der Waals surface area contributed by atoms with Gasteiger partial charge in [-0.25, -0.2) is 0 Å². The van der Waals surface area contributed by atoms with E-state index in [4.69, 9.17) is 0 Å². The summed E-state index contributed by atoms with van der Waals surface area (Å²) in [6, 6.07) is -0.256. The van der Waals surface area contributed by atoms with Crippen molar-refractivity contribution in [3.8, 4) is 0 Å². The highest BCUT2D eigenvalue weighted by molar-refractivity contribution is 5.74. The minimum absolute atomic E-state index is 0.256. The van der Waals surface area contributed by atoms with E-state index in [2.05, 4.69) is 25.7 Å². The Bertz CT molecular complexity index is 230. The Kier molecular flexibility index (Phi) is 5.26.